The molecule has 2 heterocycles. The minimum absolute atomic E-state index is 0.131. The first-order chi connectivity index (χ1) is 12.1. The lowest BCUT2D eigenvalue weighted by Gasteiger charge is -2.14. The molecule has 25 heavy (non-hydrogen) atoms. The summed E-state index contributed by atoms with van der Waals surface area (Å²) < 4.78 is 10.5. The normalized spacial score (nSPS) is 16.4. The van der Waals surface area contributed by atoms with Crippen molar-refractivity contribution in [3.8, 4) is 17.3 Å². The molecule has 2 aromatic rings. The van der Waals surface area contributed by atoms with Gasteiger partial charge < -0.3 is 15.2 Å². The summed E-state index contributed by atoms with van der Waals surface area (Å²) in [7, 11) is 0. The fourth-order valence-corrected chi connectivity index (χ4v) is 2.98. The Morgan fingerprint density at radius 2 is 2.32 bits per heavy atom. The zero-order valence-electron chi connectivity index (χ0n) is 14.0. The summed E-state index contributed by atoms with van der Waals surface area (Å²) in [6.07, 6.45) is 0.848. The number of rotatable bonds is 4. The lowest BCUT2D eigenvalue weighted by Crippen LogP contribution is -2.07. The SMILES string of the molecule is CCOC(=O)c1cccc(-c2cc(C3CCOC3)c(C#N)c(N)n2)c1. The van der Waals surface area contributed by atoms with Gasteiger partial charge in [0, 0.05) is 18.1 Å². The molecule has 3 rings (SSSR count). The first-order valence-corrected chi connectivity index (χ1v) is 8.19. The quantitative estimate of drug-likeness (QED) is 0.861. The van der Waals surface area contributed by atoms with Gasteiger partial charge in [-0.25, -0.2) is 9.78 Å². The zero-order valence-corrected chi connectivity index (χ0v) is 14.0. The molecule has 1 fully saturated rings. The number of nitrogens with two attached hydrogens (primary N) is 1. The van der Waals surface area contributed by atoms with Crippen LogP contribution in [0, 0.1) is 11.3 Å². The second kappa shape index (κ2) is 7.32. The molecule has 2 N–H and O–H groups in total. The monoisotopic (exact) mass is 337 g/mol. The minimum Gasteiger partial charge on any atom is -0.462 e. The van der Waals surface area contributed by atoms with Crippen LogP contribution in [0.25, 0.3) is 11.3 Å². The van der Waals surface area contributed by atoms with Gasteiger partial charge in [0.15, 0.2) is 0 Å². The van der Waals surface area contributed by atoms with Crippen LogP contribution < -0.4 is 5.73 Å². The van der Waals surface area contributed by atoms with Crippen molar-refractivity contribution in [2.45, 2.75) is 19.3 Å². The zero-order chi connectivity index (χ0) is 17.8. The van der Waals surface area contributed by atoms with Crippen LogP contribution in [-0.4, -0.2) is 30.8 Å². The summed E-state index contributed by atoms with van der Waals surface area (Å²) in [4.78, 5) is 16.3. The van der Waals surface area contributed by atoms with Gasteiger partial charge in [-0.05, 0) is 37.1 Å². The van der Waals surface area contributed by atoms with Crippen LogP contribution in [0.1, 0.15) is 40.7 Å². The van der Waals surface area contributed by atoms with E-state index in [9.17, 15) is 10.1 Å². The topological polar surface area (TPSA) is 98.2 Å². The van der Waals surface area contributed by atoms with E-state index < -0.39 is 0 Å². The van der Waals surface area contributed by atoms with E-state index in [0.29, 0.717) is 36.6 Å². The summed E-state index contributed by atoms with van der Waals surface area (Å²) in [6.45, 7) is 3.32. The van der Waals surface area contributed by atoms with Crippen molar-refractivity contribution in [1.29, 1.82) is 5.26 Å². The molecule has 1 aliphatic rings. The Hall–Kier alpha value is -2.91. The molecule has 0 bridgehead atoms. The fourth-order valence-electron chi connectivity index (χ4n) is 2.98. The van der Waals surface area contributed by atoms with Crippen molar-refractivity contribution in [2.75, 3.05) is 25.6 Å². The molecule has 1 atom stereocenters. The van der Waals surface area contributed by atoms with Gasteiger partial charge in [-0.2, -0.15) is 5.26 Å². The predicted molar refractivity (Wildman–Crippen MR) is 92.9 cm³/mol. The van der Waals surface area contributed by atoms with Gasteiger partial charge >= 0.3 is 5.97 Å². The van der Waals surface area contributed by atoms with Crippen LogP contribution in [-0.2, 0) is 9.47 Å². The van der Waals surface area contributed by atoms with Gasteiger partial charge in [0.05, 0.1) is 30.0 Å². The van der Waals surface area contributed by atoms with E-state index in [1.165, 1.54) is 0 Å². The Kier molecular flexibility index (Phi) is 4.96. The summed E-state index contributed by atoms with van der Waals surface area (Å²) in [5.74, 6) is -0.0502. The Morgan fingerprint density at radius 3 is 3.00 bits per heavy atom. The smallest absolute Gasteiger partial charge is 0.338 e. The number of hydrogen-bond acceptors (Lipinski definition) is 6. The predicted octanol–water partition coefficient (Wildman–Crippen LogP) is 2.88. The van der Waals surface area contributed by atoms with E-state index in [-0.39, 0.29) is 17.7 Å². The van der Waals surface area contributed by atoms with Crippen molar-refractivity contribution >= 4 is 11.8 Å². The summed E-state index contributed by atoms with van der Waals surface area (Å²) in [6, 6.07) is 11.1. The van der Waals surface area contributed by atoms with Crippen LogP contribution in [0.5, 0.6) is 0 Å². The molecule has 1 saturated heterocycles. The van der Waals surface area contributed by atoms with E-state index in [2.05, 4.69) is 11.1 Å². The van der Waals surface area contributed by atoms with Crippen LogP contribution in [0.15, 0.2) is 30.3 Å². The molecular weight excluding hydrogens is 318 g/mol. The van der Waals surface area contributed by atoms with Gasteiger partial charge in [0.1, 0.15) is 11.9 Å². The number of hydrogen-bond donors (Lipinski definition) is 1. The molecule has 0 amide bonds. The van der Waals surface area contributed by atoms with Crippen molar-refractivity contribution < 1.29 is 14.3 Å². The Bertz CT molecular complexity index is 836. The van der Waals surface area contributed by atoms with Gasteiger partial charge in [-0.15, -0.1) is 0 Å². The molecule has 1 aliphatic heterocycles. The Morgan fingerprint density at radius 1 is 1.48 bits per heavy atom. The number of carbonyl (C=O) groups excluding carboxylic acids is 1. The lowest BCUT2D eigenvalue weighted by molar-refractivity contribution is 0.0526. The maximum absolute atomic E-state index is 11.9. The molecule has 6 nitrogen and oxygen atoms in total. The molecular formula is C19H19N3O3. The number of carbonyl (C=O) groups is 1. The Balaban J connectivity index is 2.04. The molecule has 1 aromatic heterocycles. The van der Waals surface area contributed by atoms with Crippen LogP contribution >= 0.6 is 0 Å². The van der Waals surface area contributed by atoms with Gasteiger partial charge in [0.25, 0.3) is 0 Å². The average molecular weight is 337 g/mol. The number of anilines is 1. The summed E-state index contributed by atoms with van der Waals surface area (Å²) in [5.41, 5.74) is 9.11. The standard InChI is InChI=1S/C19H19N3O3/c1-2-25-19(23)13-5-3-4-12(8-13)17-9-15(14-6-7-24-11-14)16(10-20)18(21)22-17/h3-5,8-9,14H,2,6-7,11H2,1H3,(H2,21,22). The van der Waals surface area contributed by atoms with Gasteiger partial charge in [-0.3, -0.25) is 0 Å². The maximum Gasteiger partial charge on any atom is 0.338 e. The number of ether oxygens (including phenoxy) is 2. The molecule has 1 unspecified atom stereocenters. The van der Waals surface area contributed by atoms with E-state index in [1.807, 2.05) is 12.1 Å². The second-order valence-corrected chi connectivity index (χ2v) is 5.83. The highest BCUT2D eigenvalue weighted by molar-refractivity contribution is 5.91. The number of nitrogen functional groups attached to an aromatic ring is 1. The largest absolute Gasteiger partial charge is 0.462 e. The molecule has 128 valence electrons. The van der Waals surface area contributed by atoms with Crippen molar-refractivity contribution in [2.24, 2.45) is 0 Å². The second-order valence-electron chi connectivity index (χ2n) is 5.83. The number of nitriles is 1. The van der Waals surface area contributed by atoms with Crippen molar-refractivity contribution in [3.05, 3.63) is 47.0 Å². The molecule has 6 heteroatoms. The number of pyridine rings is 1. The average Bonchev–Trinajstić information content (AvgIpc) is 3.16. The maximum atomic E-state index is 11.9. The van der Waals surface area contributed by atoms with Gasteiger partial charge in [-0.1, -0.05) is 12.1 Å². The lowest BCUT2D eigenvalue weighted by atomic mass is 9.93. The first-order valence-electron chi connectivity index (χ1n) is 8.19. The minimum atomic E-state index is -0.379. The van der Waals surface area contributed by atoms with Gasteiger partial charge in [0.2, 0.25) is 0 Å². The third-order valence-electron chi connectivity index (χ3n) is 4.23. The Labute approximate surface area is 146 Å². The molecule has 0 radical (unpaired) electrons. The summed E-state index contributed by atoms with van der Waals surface area (Å²) >= 11 is 0. The molecule has 0 spiro atoms. The highest BCUT2D eigenvalue weighted by Gasteiger charge is 2.24. The van der Waals surface area contributed by atoms with E-state index in [1.54, 1.807) is 25.1 Å². The van der Waals surface area contributed by atoms with Crippen LogP contribution in [0.4, 0.5) is 5.82 Å². The first kappa shape index (κ1) is 16.9. The number of nitrogens with zero attached hydrogens (tertiary/aromatic N) is 2. The summed E-state index contributed by atoms with van der Waals surface area (Å²) in [5, 5.41) is 9.43. The van der Waals surface area contributed by atoms with Crippen LogP contribution in [0.3, 0.4) is 0 Å². The highest BCUT2D eigenvalue weighted by atomic mass is 16.5. The van der Waals surface area contributed by atoms with Crippen LogP contribution in [0.2, 0.25) is 0 Å². The number of benzene rings is 1. The number of esters is 1. The number of aromatic nitrogens is 1. The van der Waals surface area contributed by atoms with Crippen molar-refractivity contribution in [1.82, 2.24) is 4.98 Å². The van der Waals surface area contributed by atoms with E-state index in [4.69, 9.17) is 15.2 Å². The highest BCUT2D eigenvalue weighted by Crippen LogP contribution is 2.33. The van der Waals surface area contributed by atoms with E-state index in [0.717, 1.165) is 17.5 Å². The van der Waals surface area contributed by atoms with Crippen molar-refractivity contribution in [3.63, 3.8) is 0 Å². The van der Waals surface area contributed by atoms with E-state index >= 15 is 0 Å². The third kappa shape index (κ3) is 3.47. The molecule has 0 saturated carbocycles. The molecule has 0 aliphatic carbocycles. The third-order valence-corrected chi connectivity index (χ3v) is 4.23. The fraction of sp³-hybridized carbons (Fsp3) is 0.316. The molecule has 1 aromatic carbocycles.